The second-order valence-corrected chi connectivity index (χ2v) is 5.26. The molecule has 19 heavy (non-hydrogen) atoms. The molecule has 1 aromatic carbocycles. The van der Waals surface area contributed by atoms with Crippen molar-refractivity contribution in [3.63, 3.8) is 0 Å². The van der Waals surface area contributed by atoms with Crippen molar-refractivity contribution in [3.05, 3.63) is 51.8 Å². The number of hydrogen-bond donors (Lipinski definition) is 2. The molecule has 2 rings (SSSR count). The van der Waals surface area contributed by atoms with Gasteiger partial charge >= 0.3 is 0 Å². The standard InChI is InChI=1S/C14H14BrN3O/c1-8-5-10(15)6-9(2)13(8)18-14(19)12-4-3-11(16)7-17-12/h3-7H,16H2,1-2H3,(H,18,19). The molecule has 0 aliphatic heterocycles. The number of anilines is 2. The molecular formula is C14H14BrN3O. The average molecular weight is 320 g/mol. The Bertz CT molecular complexity index is 600. The van der Waals surface area contributed by atoms with Crippen LogP contribution in [-0.2, 0) is 0 Å². The Morgan fingerprint density at radius 2 is 1.89 bits per heavy atom. The van der Waals surface area contributed by atoms with E-state index in [-0.39, 0.29) is 5.91 Å². The minimum atomic E-state index is -0.242. The first-order valence-corrected chi connectivity index (χ1v) is 6.56. The molecule has 98 valence electrons. The van der Waals surface area contributed by atoms with E-state index < -0.39 is 0 Å². The van der Waals surface area contributed by atoms with Crippen molar-refractivity contribution >= 4 is 33.2 Å². The Labute approximate surface area is 120 Å². The fourth-order valence-electron chi connectivity index (χ4n) is 1.83. The lowest BCUT2D eigenvalue weighted by molar-refractivity contribution is 0.102. The van der Waals surface area contributed by atoms with Crippen LogP contribution in [0.15, 0.2) is 34.9 Å². The highest BCUT2D eigenvalue weighted by Gasteiger charge is 2.11. The van der Waals surface area contributed by atoms with Crippen molar-refractivity contribution in [2.75, 3.05) is 11.1 Å². The van der Waals surface area contributed by atoms with Gasteiger partial charge in [-0.15, -0.1) is 0 Å². The van der Waals surface area contributed by atoms with Crippen molar-refractivity contribution in [1.82, 2.24) is 4.98 Å². The highest BCUT2D eigenvalue weighted by molar-refractivity contribution is 9.10. The number of halogens is 1. The minimum Gasteiger partial charge on any atom is -0.397 e. The van der Waals surface area contributed by atoms with Gasteiger partial charge in [-0.05, 0) is 49.2 Å². The molecule has 0 saturated carbocycles. The van der Waals surface area contributed by atoms with Gasteiger partial charge in [0.1, 0.15) is 5.69 Å². The third-order valence-electron chi connectivity index (χ3n) is 2.75. The molecule has 1 amide bonds. The van der Waals surface area contributed by atoms with Gasteiger partial charge in [-0.25, -0.2) is 4.98 Å². The van der Waals surface area contributed by atoms with Gasteiger partial charge in [0.15, 0.2) is 0 Å². The maximum atomic E-state index is 12.1. The molecule has 4 nitrogen and oxygen atoms in total. The Kier molecular flexibility index (Phi) is 3.85. The second-order valence-electron chi connectivity index (χ2n) is 4.35. The number of nitrogens with one attached hydrogen (secondary N) is 1. The van der Waals surface area contributed by atoms with Crippen LogP contribution < -0.4 is 11.1 Å². The molecule has 0 unspecified atom stereocenters. The van der Waals surface area contributed by atoms with Crippen molar-refractivity contribution in [3.8, 4) is 0 Å². The van der Waals surface area contributed by atoms with Gasteiger partial charge in [-0.2, -0.15) is 0 Å². The molecule has 0 spiro atoms. The fourth-order valence-corrected chi connectivity index (χ4v) is 2.51. The van der Waals surface area contributed by atoms with Crippen molar-refractivity contribution in [2.24, 2.45) is 0 Å². The molecule has 3 N–H and O–H groups in total. The lowest BCUT2D eigenvalue weighted by atomic mass is 10.1. The van der Waals surface area contributed by atoms with Gasteiger partial charge in [0, 0.05) is 10.2 Å². The predicted octanol–water partition coefficient (Wildman–Crippen LogP) is 3.30. The lowest BCUT2D eigenvalue weighted by Crippen LogP contribution is -2.15. The topological polar surface area (TPSA) is 68.0 Å². The monoisotopic (exact) mass is 319 g/mol. The molecule has 0 fully saturated rings. The quantitative estimate of drug-likeness (QED) is 0.892. The number of aryl methyl sites for hydroxylation is 2. The normalized spacial score (nSPS) is 10.3. The van der Waals surface area contributed by atoms with E-state index in [4.69, 9.17) is 5.73 Å². The lowest BCUT2D eigenvalue weighted by Gasteiger charge is -2.12. The Morgan fingerprint density at radius 3 is 2.42 bits per heavy atom. The van der Waals surface area contributed by atoms with E-state index in [1.165, 1.54) is 6.20 Å². The number of amides is 1. The summed E-state index contributed by atoms with van der Waals surface area (Å²) in [6, 6.07) is 7.18. The number of nitrogens with two attached hydrogens (primary N) is 1. The van der Waals surface area contributed by atoms with Crippen LogP contribution >= 0.6 is 15.9 Å². The van der Waals surface area contributed by atoms with Crippen LogP contribution in [0.5, 0.6) is 0 Å². The fraction of sp³-hybridized carbons (Fsp3) is 0.143. The molecule has 0 bridgehead atoms. The zero-order chi connectivity index (χ0) is 14.0. The zero-order valence-electron chi connectivity index (χ0n) is 10.7. The number of carbonyl (C=O) groups excluding carboxylic acids is 1. The summed E-state index contributed by atoms with van der Waals surface area (Å²) in [5.41, 5.74) is 9.23. The third-order valence-corrected chi connectivity index (χ3v) is 3.21. The highest BCUT2D eigenvalue weighted by atomic mass is 79.9. The first-order valence-electron chi connectivity index (χ1n) is 5.77. The van der Waals surface area contributed by atoms with Crippen LogP contribution in [0, 0.1) is 13.8 Å². The summed E-state index contributed by atoms with van der Waals surface area (Å²) in [6.45, 7) is 3.90. The van der Waals surface area contributed by atoms with Gasteiger partial charge in [0.05, 0.1) is 11.9 Å². The summed E-state index contributed by atoms with van der Waals surface area (Å²) in [4.78, 5) is 16.1. The van der Waals surface area contributed by atoms with Gasteiger partial charge < -0.3 is 11.1 Å². The van der Waals surface area contributed by atoms with E-state index in [2.05, 4.69) is 26.2 Å². The van der Waals surface area contributed by atoms with E-state index in [0.717, 1.165) is 21.3 Å². The second kappa shape index (κ2) is 5.40. The van der Waals surface area contributed by atoms with Crippen LogP contribution in [0.1, 0.15) is 21.6 Å². The third kappa shape index (κ3) is 3.12. The number of carbonyl (C=O) groups is 1. The molecule has 0 aliphatic carbocycles. The number of nitrogen functional groups attached to an aromatic ring is 1. The van der Waals surface area contributed by atoms with Crippen molar-refractivity contribution in [1.29, 1.82) is 0 Å². The Hall–Kier alpha value is -1.88. The van der Waals surface area contributed by atoms with Crippen LogP contribution in [0.25, 0.3) is 0 Å². The summed E-state index contributed by atoms with van der Waals surface area (Å²) < 4.78 is 0.992. The van der Waals surface area contributed by atoms with E-state index in [0.29, 0.717) is 11.4 Å². The maximum absolute atomic E-state index is 12.1. The summed E-state index contributed by atoms with van der Waals surface area (Å²) in [5.74, 6) is -0.242. The number of aromatic nitrogens is 1. The molecule has 1 heterocycles. The summed E-state index contributed by atoms with van der Waals surface area (Å²) in [7, 11) is 0. The molecule has 0 aliphatic rings. The van der Waals surface area contributed by atoms with Gasteiger partial charge in [-0.1, -0.05) is 15.9 Å². The molecule has 0 atom stereocenters. The van der Waals surface area contributed by atoms with Crippen LogP contribution in [0.4, 0.5) is 11.4 Å². The van der Waals surface area contributed by atoms with E-state index >= 15 is 0 Å². The largest absolute Gasteiger partial charge is 0.397 e. The number of pyridine rings is 1. The van der Waals surface area contributed by atoms with E-state index in [1.54, 1.807) is 12.1 Å². The van der Waals surface area contributed by atoms with Gasteiger partial charge in [0.2, 0.25) is 0 Å². The van der Waals surface area contributed by atoms with Crippen molar-refractivity contribution < 1.29 is 4.79 Å². The maximum Gasteiger partial charge on any atom is 0.274 e. The Morgan fingerprint density at radius 1 is 1.26 bits per heavy atom. The van der Waals surface area contributed by atoms with Gasteiger partial charge in [-0.3, -0.25) is 4.79 Å². The average Bonchev–Trinajstić information content (AvgIpc) is 2.34. The van der Waals surface area contributed by atoms with Crippen LogP contribution in [-0.4, -0.2) is 10.9 Å². The summed E-state index contributed by atoms with van der Waals surface area (Å²) in [6.07, 6.45) is 1.47. The Balaban J connectivity index is 2.26. The number of rotatable bonds is 2. The minimum absolute atomic E-state index is 0.242. The zero-order valence-corrected chi connectivity index (χ0v) is 12.3. The number of benzene rings is 1. The molecule has 1 aromatic heterocycles. The highest BCUT2D eigenvalue weighted by Crippen LogP contribution is 2.25. The molecule has 2 aromatic rings. The van der Waals surface area contributed by atoms with Crippen LogP contribution in [0.2, 0.25) is 0 Å². The molecule has 5 heteroatoms. The number of nitrogens with zero attached hydrogens (tertiary/aromatic N) is 1. The smallest absolute Gasteiger partial charge is 0.274 e. The summed E-state index contributed by atoms with van der Waals surface area (Å²) >= 11 is 3.43. The van der Waals surface area contributed by atoms with E-state index in [1.807, 2.05) is 26.0 Å². The molecular weight excluding hydrogens is 306 g/mol. The van der Waals surface area contributed by atoms with Gasteiger partial charge in [0.25, 0.3) is 5.91 Å². The first-order chi connectivity index (χ1) is 8.97. The molecule has 0 radical (unpaired) electrons. The SMILES string of the molecule is Cc1cc(Br)cc(C)c1NC(=O)c1ccc(N)cn1. The van der Waals surface area contributed by atoms with Crippen LogP contribution in [0.3, 0.4) is 0 Å². The van der Waals surface area contributed by atoms with Crippen molar-refractivity contribution in [2.45, 2.75) is 13.8 Å². The van der Waals surface area contributed by atoms with E-state index in [9.17, 15) is 4.79 Å². The molecule has 0 saturated heterocycles. The number of hydrogen-bond acceptors (Lipinski definition) is 3. The summed E-state index contributed by atoms with van der Waals surface area (Å²) in [5, 5.41) is 2.88. The predicted molar refractivity (Wildman–Crippen MR) is 80.2 cm³/mol. The first kappa shape index (κ1) is 13.5.